The van der Waals surface area contributed by atoms with Crippen LogP contribution in [0.15, 0.2) is 146 Å². The van der Waals surface area contributed by atoms with Gasteiger partial charge >= 0.3 is 5.97 Å². The Hall–Kier alpha value is -4.77. The minimum absolute atomic E-state index is 0.114. The zero-order valence-corrected chi connectivity index (χ0v) is 29.3. The first-order chi connectivity index (χ1) is 23.4. The van der Waals surface area contributed by atoms with Crippen molar-refractivity contribution in [3.8, 4) is 16.9 Å². The molecule has 1 atom stereocenters. The van der Waals surface area contributed by atoms with E-state index in [0.717, 1.165) is 43.0 Å². The molecule has 0 saturated carbocycles. The van der Waals surface area contributed by atoms with E-state index in [-0.39, 0.29) is 12.2 Å². The molecule has 1 aliphatic rings. The van der Waals surface area contributed by atoms with Gasteiger partial charge in [-0.05, 0) is 66.8 Å². The van der Waals surface area contributed by atoms with Gasteiger partial charge in [0.1, 0.15) is 6.61 Å². The first kappa shape index (κ1) is 31.8. The van der Waals surface area contributed by atoms with Crippen molar-refractivity contribution < 1.29 is 9.53 Å². The molecule has 0 N–H and O–H groups in total. The smallest absolute Gasteiger partial charge is 0.338 e. The van der Waals surface area contributed by atoms with Crippen LogP contribution < -0.4 is 14.9 Å². The van der Waals surface area contributed by atoms with E-state index in [2.05, 4.69) is 15.9 Å². The Morgan fingerprint density at radius 3 is 2.33 bits per heavy atom. The maximum atomic E-state index is 14.4. The molecule has 7 nitrogen and oxygen atoms in total. The van der Waals surface area contributed by atoms with Gasteiger partial charge in [0.25, 0.3) is 5.56 Å². The van der Waals surface area contributed by atoms with Gasteiger partial charge in [-0.25, -0.2) is 14.5 Å². The molecular formula is C38H29BrN4O3S2. The van der Waals surface area contributed by atoms with Crippen LogP contribution in [0, 0.1) is 0 Å². The molecule has 1 aliphatic heterocycles. The first-order valence-electron chi connectivity index (χ1n) is 15.2. The van der Waals surface area contributed by atoms with Crippen LogP contribution in [0.25, 0.3) is 23.0 Å². The van der Waals surface area contributed by atoms with Gasteiger partial charge in [0.15, 0.2) is 4.80 Å². The van der Waals surface area contributed by atoms with Gasteiger partial charge in [0.2, 0.25) is 0 Å². The number of carbonyl (C=O) groups excluding carboxylic acids is 1. The van der Waals surface area contributed by atoms with E-state index in [1.165, 1.54) is 11.3 Å². The molecule has 6 aromatic rings. The molecule has 0 spiro atoms. The Morgan fingerprint density at radius 2 is 1.65 bits per heavy atom. The summed E-state index contributed by atoms with van der Waals surface area (Å²) in [6.45, 7) is 1.91. The number of rotatable bonds is 8. The van der Waals surface area contributed by atoms with Crippen LogP contribution in [0.5, 0.6) is 0 Å². The number of fused-ring (bicyclic) bond motifs is 1. The lowest BCUT2D eigenvalue weighted by molar-refractivity contribution is -0.140. The van der Waals surface area contributed by atoms with E-state index in [9.17, 15) is 9.59 Å². The maximum Gasteiger partial charge on any atom is 0.338 e. The van der Waals surface area contributed by atoms with Crippen LogP contribution in [0.4, 0.5) is 0 Å². The maximum absolute atomic E-state index is 14.4. The molecule has 2 aromatic heterocycles. The minimum Gasteiger partial charge on any atom is -0.457 e. The van der Waals surface area contributed by atoms with E-state index < -0.39 is 12.0 Å². The summed E-state index contributed by atoms with van der Waals surface area (Å²) in [7, 11) is 0. The summed E-state index contributed by atoms with van der Waals surface area (Å²) in [5.74, 6) is -0.505. The van der Waals surface area contributed by atoms with E-state index in [4.69, 9.17) is 14.8 Å². The van der Waals surface area contributed by atoms with Crippen LogP contribution >= 0.6 is 39.0 Å². The van der Waals surface area contributed by atoms with Crippen molar-refractivity contribution in [2.24, 2.45) is 4.99 Å². The number of para-hydroxylation sites is 1. The predicted octanol–water partition coefficient (Wildman–Crippen LogP) is 7.32. The van der Waals surface area contributed by atoms with E-state index in [1.807, 2.05) is 132 Å². The number of hydrogen-bond donors (Lipinski definition) is 0. The molecule has 0 aliphatic carbocycles. The number of esters is 1. The third-order valence-electron chi connectivity index (χ3n) is 8.05. The van der Waals surface area contributed by atoms with Gasteiger partial charge < -0.3 is 4.74 Å². The monoisotopic (exact) mass is 732 g/mol. The lowest BCUT2D eigenvalue weighted by Gasteiger charge is -2.25. The largest absolute Gasteiger partial charge is 0.457 e. The van der Waals surface area contributed by atoms with Crippen molar-refractivity contribution in [2.45, 2.75) is 24.5 Å². The van der Waals surface area contributed by atoms with Crippen LogP contribution in [0.1, 0.15) is 29.7 Å². The summed E-state index contributed by atoms with van der Waals surface area (Å²) in [5.41, 5.74) is 5.63. The summed E-state index contributed by atoms with van der Waals surface area (Å²) in [5, 5.41) is 4.93. The second-order valence-electron chi connectivity index (χ2n) is 11.1. The number of carbonyl (C=O) groups is 1. The molecule has 10 heteroatoms. The van der Waals surface area contributed by atoms with Gasteiger partial charge in [-0.2, -0.15) is 5.10 Å². The topological polar surface area (TPSA) is 78.5 Å². The van der Waals surface area contributed by atoms with Crippen LogP contribution in [0.2, 0.25) is 0 Å². The highest BCUT2D eigenvalue weighted by molar-refractivity contribution is 9.10. The van der Waals surface area contributed by atoms with Crippen molar-refractivity contribution in [1.29, 1.82) is 0 Å². The highest BCUT2D eigenvalue weighted by Gasteiger charge is 2.33. The Kier molecular flexibility index (Phi) is 9.12. The molecule has 238 valence electrons. The minimum atomic E-state index is -0.708. The standard InChI is InChI=1S/C38H29BrN4O3S2/c1-24-33(37(45)46-23-25-9-5-3-6-10-25)35(27-15-19-31(47-2)20-16-27)43-36(44)32(48-38(43)40-24)21-28-22-42(30-11-7-4-8-12-30)41-34(28)26-13-17-29(39)18-14-26/h3-22,35H,23H2,1-2H3. The van der Waals surface area contributed by atoms with E-state index in [0.29, 0.717) is 20.6 Å². The SMILES string of the molecule is CSc1ccc(C2C(C(=O)OCc3ccccc3)=C(C)N=c3sc(=Cc4cn(-c5ccccc5)nc4-c4ccc(Br)cc4)c(=O)n32)cc1. The Labute approximate surface area is 293 Å². The van der Waals surface area contributed by atoms with Crippen LogP contribution in [0.3, 0.4) is 0 Å². The van der Waals surface area contributed by atoms with Crippen molar-refractivity contribution in [1.82, 2.24) is 14.3 Å². The number of allylic oxidation sites excluding steroid dienone is 1. The molecule has 0 saturated heterocycles. The lowest BCUT2D eigenvalue weighted by Crippen LogP contribution is -2.39. The molecule has 0 fully saturated rings. The van der Waals surface area contributed by atoms with Crippen molar-refractivity contribution in [3.05, 3.63) is 168 Å². The molecular weight excluding hydrogens is 704 g/mol. The number of benzene rings is 4. The number of thiazole rings is 1. The average Bonchev–Trinajstić information content (AvgIpc) is 3.68. The molecule has 0 bridgehead atoms. The zero-order valence-electron chi connectivity index (χ0n) is 26.0. The highest BCUT2D eigenvalue weighted by Crippen LogP contribution is 2.32. The fraction of sp³-hybridized carbons (Fsp3) is 0.105. The van der Waals surface area contributed by atoms with Crippen molar-refractivity contribution in [3.63, 3.8) is 0 Å². The Balaban J connectivity index is 1.36. The number of nitrogens with zero attached hydrogens (tertiary/aromatic N) is 4. The number of ether oxygens (including phenoxy) is 1. The number of hydrogen-bond acceptors (Lipinski definition) is 7. The molecule has 4 aromatic carbocycles. The van der Waals surface area contributed by atoms with Gasteiger partial charge in [-0.1, -0.05) is 100 Å². The normalized spacial score (nSPS) is 14.5. The third-order valence-corrected chi connectivity index (χ3v) is 10.3. The summed E-state index contributed by atoms with van der Waals surface area (Å²) in [4.78, 5) is 34.6. The van der Waals surface area contributed by atoms with Gasteiger partial charge in [-0.15, -0.1) is 11.8 Å². The summed E-state index contributed by atoms with van der Waals surface area (Å²) in [6, 6.07) is 34.6. The van der Waals surface area contributed by atoms with Crippen molar-refractivity contribution >= 4 is 51.1 Å². The van der Waals surface area contributed by atoms with Crippen molar-refractivity contribution in [2.75, 3.05) is 6.26 Å². The second-order valence-corrected chi connectivity index (χ2v) is 13.9. The Morgan fingerprint density at radius 1 is 0.958 bits per heavy atom. The predicted molar refractivity (Wildman–Crippen MR) is 195 cm³/mol. The molecule has 7 rings (SSSR count). The summed E-state index contributed by atoms with van der Waals surface area (Å²) in [6.07, 6.45) is 5.81. The van der Waals surface area contributed by atoms with Crippen LogP contribution in [-0.2, 0) is 16.1 Å². The number of thioether (sulfide) groups is 1. The zero-order chi connectivity index (χ0) is 33.2. The quantitative estimate of drug-likeness (QED) is 0.121. The van der Waals surface area contributed by atoms with Crippen LogP contribution in [-0.4, -0.2) is 26.6 Å². The van der Waals surface area contributed by atoms with Gasteiger partial charge in [-0.3, -0.25) is 9.36 Å². The molecule has 1 unspecified atom stereocenters. The summed E-state index contributed by atoms with van der Waals surface area (Å²) < 4.78 is 10.7. The fourth-order valence-corrected chi connectivity index (χ4v) is 7.37. The second kappa shape index (κ2) is 13.8. The lowest BCUT2D eigenvalue weighted by atomic mass is 9.96. The first-order valence-corrected chi connectivity index (χ1v) is 18.0. The van der Waals surface area contributed by atoms with E-state index in [1.54, 1.807) is 23.3 Å². The van der Waals surface area contributed by atoms with Gasteiger partial charge in [0.05, 0.1) is 33.2 Å². The average molecular weight is 734 g/mol. The number of aromatic nitrogens is 3. The molecule has 0 amide bonds. The van der Waals surface area contributed by atoms with E-state index >= 15 is 0 Å². The highest BCUT2D eigenvalue weighted by atomic mass is 79.9. The Bertz CT molecular complexity index is 2330. The van der Waals surface area contributed by atoms with Gasteiger partial charge in [0, 0.05) is 26.7 Å². The molecule has 0 radical (unpaired) electrons. The summed E-state index contributed by atoms with van der Waals surface area (Å²) >= 11 is 6.45. The number of halogens is 1. The molecule has 3 heterocycles. The fourth-order valence-electron chi connectivity index (χ4n) is 5.66. The molecule has 48 heavy (non-hydrogen) atoms. The third kappa shape index (κ3) is 6.38.